The zero-order chi connectivity index (χ0) is 17.1. The Balaban J connectivity index is 2.60. The van der Waals surface area contributed by atoms with Crippen LogP contribution >= 0.6 is 0 Å². The molecule has 0 bridgehead atoms. The molecule has 1 aliphatic rings. The van der Waals surface area contributed by atoms with Gasteiger partial charge in [0.15, 0.2) is 0 Å². The first-order valence-corrected chi connectivity index (χ1v) is 5.30. The minimum atomic E-state index is -2.76. The number of rotatable bonds is 1. The number of nitrogens with zero attached hydrogens (tertiary/aromatic N) is 1. The minimum Gasteiger partial charge on any atom is -0.399 e. The van der Waals surface area contributed by atoms with E-state index in [-0.39, 0.29) is 5.46 Å². The number of halogens is 1. The van der Waals surface area contributed by atoms with Gasteiger partial charge in [-0.2, -0.15) is 4.39 Å². The number of hydrogen-bond donors (Lipinski definition) is 0. The molecule has 0 N–H and O–H groups in total. The monoisotopic (exact) mass is 242 g/mol. The molecule has 17 heavy (non-hydrogen) atoms. The molecule has 5 heteroatoms. The van der Waals surface area contributed by atoms with Gasteiger partial charge < -0.3 is 9.31 Å². The summed E-state index contributed by atoms with van der Waals surface area (Å²) in [5, 5.41) is 0. The van der Waals surface area contributed by atoms with E-state index in [2.05, 4.69) is 4.98 Å². The van der Waals surface area contributed by atoms with Gasteiger partial charge in [0.2, 0.25) is 5.95 Å². The molecule has 0 saturated carbocycles. The molecular formula is C12H17BFNO2. The van der Waals surface area contributed by atoms with Crippen LogP contribution in [0.3, 0.4) is 0 Å². The Morgan fingerprint density at radius 2 is 1.88 bits per heavy atom. The highest BCUT2D eigenvalue weighted by Crippen LogP contribution is 2.36. The van der Waals surface area contributed by atoms with Crippen molar-refractivity contribution in [1.29, 1.82) is 0 Å². The van der Waals surface area contributed by atoms with Crippen LogP contribution in [0.1, 0.15) is 40.2 Å². The van der Waals surface area contributed by atoms with Gasteiger partial charge >= 0.3 is 7.12 Å². The highest BCUT2D eigenvalue weighted by Gasteiger charge is 2.51. The summed E-state index contributed by atoms with van der Waals surface area (Å²) in [6, 6.07) is -1.23. The van der Waals surface area contributed by atoms with Crippen molar-refractivity contribution in [1.82, 2.24) is 4.98 Å². The van der Waals surface area contributed by atoms with Gasteiger partial charge in [-0.15, -0.1) is 0 Å². The molecule has 0 unspecified atom stereocenters. The van der Waals surface area contributed by atoms with E-state index in [9.17, 15) is 4.39 Å². The average Bonchev–Trinajstić information content (AvgIpc) is 2.51. The SMILES string of the molecule is [2H]c1c(F)nc(C([2H])([2H])[2H])c([2H])c1B1OC(C)(C)C(C)(C)O1. The maximum atomic E-state index is 13.8. The van der Waals surface area contributed by atoms with Gasteiger partial charge in [-0.05, 0) is 52.1 Å². The first-order chi connectivity index (χ1) is 9.78. The molecule has 0 aliphatic carbocycles. The molecule has 0 spiro atoms. The van der Waals surface area contributed by atoms with Gasteiger partial charge in [0.1, 0.15) is 0 Å². The number of aromatic nitrogens is 1. The van der Waals surface area contributed by atoms with E-state index in [1.165, 1.54) is 0 Å². The Hall–Kier alpha value is -0.935. The van der Waals surface area contributed by atoms with Crippen LogP contribution in [0.25, 0.3) is 0 Å². The Labute approximate surface area is 109 Å². The maximum Gasteiger partial charge on any atom is 0.495 e. The van der Waals surface area contributed by atoms with Crippen LogP contribution in [0.4, 0.5) is 4.39 Å². The van der Waals surface area contributed by atoms with E-state index >= 15 is 0 Å². The molecular weight excluding hydrogens is 220 g/mol. The van der Waals surface area contributed by atoms with Gasteiger partial charge in [0.25, 0.3) is 0 Å². The van der Waals surface area contributed by atoms with Crippen LogP contribution in [0.2, 0.25) is 0 Å². The van der Waals surface area contributed by atoms with Gasteiger partial charge in [0, 0.05) is 9.81 Å². The molecule has 1 aromatic heterocycles. The van der Waals surface area contributed by atoms with E-state index in [1.807, 2.05) is 0 Å². The van der Waals surface area contributed by atoms with E-state index in [0.717, 1.165) is 0 Å². The van der Waals surface area contributed by atoms with Crippen molar-refractivity contribution in [2.24, 2.45) is 0 Å². The van der Waals surface area contributed by atoms with E-state index in [1.54, 1.807) is 27.7 Å². The van der Waals surface area contributed by atoms with Crippen LogP contribution < -0.4 is 5.46 Å². The molecule has 0 amide bonds. The lowest BCUT2D eigenvalue weighted by atomic mass is 9.79. The molecule has 3 nitrogen and oxygen atoms in total. The van der Waals surface area contributed by atoms with Crippen molar-refractivity contribution in [3.8, 4) is 0 Å². The summed E-state index contributed by atoms with van der Waals surface area (Å²) in [5.74, 6) is -1.26. The molecule has 1 aliphatic heterocycles. The maximum absolute atomic E-state index is 13.8. The highest BCUT2D eigenvalue weighted by atomic mass is 19.1. The molecule has 2 heterocycles. The summed E-state index contributed by atoms with van der Waals surface area (Å²) in [5.41, 5.74) is -2.46. The Morgan fingerprint density at radius 3 is 2.41 bits per heavy atom. The van der Waals surface area contributed by atoms with Gasteiger partial charge in [-0.3, -0.25) is 0 Å². The summed E-state index contributed by atoms with van der Waals surface area (Å²) in [4.78, 5) is 3.23. The number of pyridine rings is 1. The van der Waals surface area contributed by atoms with Crippen LogP contribution in [0.15, 0.2) is 12.1 Å². The number of hydrogen-bond acceptors (Lipinski definition) is 3. The van der Waals surface area contributed by atoms with E-state index in [0.29, 0.717) is 0 Å². The molecule has 92 valence electrons. The van der Waals surface area contributed by atoms with Gasteiger partial charge in [0.05, 0.1) is 13.9 Å². The van der Waals surface area contributed by atoms with Crippen molar-refractivity contribution in [3.63, 3.8) is 0 Å². The second kappa shape index (κ2) is 3.78. The Kier molecular flexibility index (Phi) is 1.67. The molecule has 0 radical (unpaired) electrons. The molecule has 1 saturated heterocycles. The standard InChI is InChI=1S/C12H17BFNO2/c1-8-6-9(7-10(14)15-8)13-16-11(2,3)12(4,5)17-13/h6-7H,1-5H3/i1D3,6D,7D. The van der Waals surface area contributed by atoms with Gasteiger partial charge in [-0.1, -0.05) is 0 Å². The third-order valence-electron chi connectivity index (χ3n) is 3.19. The highest BCUT2D eigenvalue weighted by molar-refractivity contribution is 6.62. The van der Waals surface area contributed by atoms with Crippen LogP contribution in [-0.4, -0.2) is 23.3 Å². The third kappa shape index (κ3) is 2.22. The summed E-state index contributed by atoms with van der Waals surface area (Å²) in [7, 11) is -1.19. The molecule has 2 rings (SSSR count). The second-order valence-electron chi connectivity index (χ2n) is 5.00. The van der Waals surface area contributed by atoms with Crippen molar-refractivity contribution in [3.05, 3.63) is 23.7 Å². The number of aryl methyl sites for hydroxylation is 1. The van der Waals surface area contributed by atoms with Crippen molar-refractivity contribution >= 4 is 12.6 Å². The lowest BCUT2D eigenvalue weighted by Crippen LogP contribution is -2.41. The molecule has 0 atom stereocenters. The van der Waals surface area contributed by atoms with Gasteiger partial charge in [-0.25, -0.2) is 4.98 Å². The predicted molar refractivity (Wildman–Crippen MR) is 64.6 cm³/mol. The quantitative estimate of drug-likeness (QED) is 0.556. The first-order valence-electron chi connectivity index (χ1n) is 7.80. The average molecular weight is 242 g/mol. The predicted octanol–water partition coefficient (Wildman–Crippen LogP) is 1.83. The summed E-state index contributed by atoms with van der Waals surface area (Å²) in [6.45, 7) is 4.31. The van der Waals surface area contributed by atoms with Crippen molar-refractivity contribution in [2.45, 2.75) is 45.7 Å². The van der Waals surface area contributed by atoms with Crippen molar-refractivity contribution < 1.29 is 20.6 Å². The topological polar surface area (TPSA) is 31.4 Å². The largest absolute Gasteiger partial charge is 0.495 e. The summed E-state index contributed by atoms with van der Waals surface area (Å²) in [6.07, 6.45) is 0. The Bertz CT molecular complexity index is 605. The fraction of sp³-hybridized carbons (Fsp3) is 0.583. The van der Waals surface area contributed by atoms with Crippen LogP contribution in [0.5, 0.6) is 0 Å². The Morgan fingerprint density at radius 1 is 1.29 bits per heavy atom. The van der Waals surface area contributed by atoms with Crippen LogP contribution in [0, 0.1) is 12.8 Å². The fourth-order valence-electron chi connectivity index (χ4n) is 1.50. The second-order valence-corrected chi connectivity index (χ2v) is 5.00. The lowest BCUT2D eigenvalue weighted by molar-refractivity contribution is 0.00578. The third-order valence-corrected chi connectivity index (χ3v) is 3.19. The van der Waals surface area contributed by atoms with E-state index < -0.39 is 48.9 Å². The first kappa shape index (κ1) is 7.49. The lowest BCUT2D eigenvalue weighted by Gasteiger charge is -2.32. The molecule has 0 aromatic carbocycles. The normalized spacial score (nSPS) is 26.9. The minimum absolute atomic E-state index is 0.253. The molecule has 1 fully saturated rings. The van der Waals surface area contributed by atoms with E-state index in [4.69, 9.17) is 16.2 Å². The fourth-order valence-corrected chi connectivity index (χ4v) is 1.50. The van der Waals surface area contributed by atoms with Crippen LogP contribution in [-0.2, 0) is 9.31 Å². The van der Waals surface area contributed by atoms with Crippen molar-refractivity contribution in [2.75, 3.05) is 0 Å². The summed E-state index contributed by atoms with van der Waals surface area (Å²) < 4.78 is 63.0. The zero-order valence-electron chi connectivity index (χ0n) is 15.2. The smallest absolute Gasteiger partial charge is 0.399 e. The zero-order valence-corrected chi connectivity index (χ0v) is 10.2. The molecule has 1 aromatic rings. The summed E-state index contributed by atoms with van der Waals surface area (Å²) >= 11 is 0.